The van der Waals surface area contributed by atoms with Gasteiger partial charge >= 0.3 is 6.18 Å². The molecule has 1 aliphatic carbocycles. The standard InChI is InChI=1S/C26H21F4N3O/c27-20-13-18(15-5-7-17(8-6-15)24(34)16-3-1-2-4-16)9-11-21(20)31-25-32-22-12-10-19(26(28,29)30)14-23(22)33-25/h5-14,16H,1-4H2,(H2,31,32,33). The van der Waals surface area contributed by atoms with Crippen LogP contribution in [-0.2, 0) is 6.18 Å². The van der Waals surface area contributed by atoms with Crippen molar-refractivity contribution in [3.8, 4) is 11.1 Å². The van der Waals surface area contributed by atoms with Gasteiger partial charge in [-0.3, -0.25) is 4.79 Å². The minimum Gasteiger partial charge on any atom is -0.324 e. The summed E-state index contributed by atoms with van der Waals surface area (Å²) in [6, 6.07) is 15.0. The first-order chi connectivity index (χ1) is 16.3. The number of aromatic nitrogens is 2. The SMILES string of the molecule is O=C(c1ccc(-c2ccc(Nc3nc4ccc(C(F)(F)F)cc4[nH]3)c(F)c2)cc1)C1CCCC1. The van der Waals surface area contributed by atoms with Gasteiger partial charge in [-0.1, -0.05) is 43.2 Å². The number of halogens is 4. The normalized spacial score (nSPS) is 14.6. The molecule has 1 saturated carbocycles. The summed E-state index contributed by atoms with van der Waals surface area (Å²) < 4.78 is 53.6. The monoisotopic (exact) mass is 467 g/mol. The molecule has 1 fully saturated rings. The van der Waals surface area contributed by atoms with E-state index >= 15 is 0 Å². The zero-order valence-electron chi connectivity index (χ0n) is 18.0. The summed E-state index contributed by atoms with van der Waals surface area (Å²) in [5.41, 5.74) is 1.96. The van der Waals surface area contributed by atoms with Crippen LogP contribution in [0.15, 0.2) is 60.7 Å². The third-order valence-corrected chi connectivity index (χ3v) is 6.26. The molecule has 5 rings (SSSR count). The number of carbonyl (C=O) groups is 1. The number of rotatable bonds is 5. The van der Waals surface area contributed by atoms with Crippen LogP contribution in [0.25, 0.3) is 22.2 Å². The zero-order chi connectivity index (χ0) is 23.9. The molecule has 174 valence electrons. The summed E-state index contributed by atoms with van der Waals surface area (Å²) in [5, 5.41) is 2.79. The second kappa shape index (κ2) is 8.59. The Morgan fingerprint density at radius 3 is 2.32 bits per heavy atom. The Morgan fingerprint density at radius 1 is 0.941 bits per heavy atom. The first-order valence-corrected chi connectivity index (χ1v) is 11.1. The lowest BCUT2D eigenvalue weighted by Gasteiger charge is -2.10. The molecule has 0 radical (unpaired) electrons. The van der Waals surface area contributed by atoms with Crippen molar-refractivity contribution in [2.75, 3.05) is 5.32 Å². The molecule has 1 heterocycles. The average Bonchev–Trinajstić information content (AvgIpc) is 3.49. The topological polar surface area (TPSA) is 57.8 Å². The summed E-state index contributed by atoms with van der Waals surface area (Å²) in [6.45, 7) is 0. The predicted octanol–water partition coefficient (Wildman–Crippen LogP) is 7.50. The fraction of sp³-hybridized carbons (Fsp3) is 0.231. The van der Waals surface area contributed by atoms with Gasteiger partial charge in [0.25, 0.3) is 0 Å². The molecule has 4 aromatic rings. The molecule has 0 atom stereocenters. The lowest BCUT2D eigenvalue weighted by atomic mass is 9.94. The van der Waals surface area contributed by atoms with Gasteiger partial charge in [0.1, 0.15) is 5.82 Å². The highest BCUT2D eigenvalue weighted by Crippen LogP contribution is 2.32. The van der Waals surface area contributed by atoms with E-state index in [9.17, 15) is 22.4 Å². The van der Waals surface area contributed by atoms with Crippen LogP contribution in [0.2, 0.25) is 0 Å². The molecule has 8 heteroatoms. The van der Waals surface area contributed by atoms with Crippen molar-refractivity contribution in [3.05, 3.63) is 77.6 Å². The maximum atomic E-state index is 14.8. The first kappa shape index (κ1) is 22.1. The van der Waals surface area contributed by atoms with E-state index in [1.807, 2.05) is 12.1 Å². The van der Waals surface area contributed by atoms with Gasteiger partial charge < -0.3 is 10.3 Å². The van der Waals surface area contributed by atoms with Crippen molar-refractivity contribution >= 4 is 28.5 Å². The Bertz CT molecular complexity index is 1350. The lowest BCUT2D eigenvalue weighted by Crippen LogP contribution is -2.10. The summed E-state index contributed by atoms with van der Waals surface area (Å²) in [4.78, 5) is 19.5. The number of nitrogens with one attached hydrogen (secondary N) is 2. The molecule has 2 N–H and O–H groups in total. The minimum absolute atomic E-state index is 0.104. The molecule has 0 saturated heterocycles. The highest BCUT2D eigenvalue weighted by atomic mass is 19.4. The fourth-order valence-corrected chi connectivity index (χ4v) is 4.42. The summed E-state index contributed by atoms with van der Waals surface area (Å²) in [7, 11) is 0. The number of Topliss-reactive ketones (excluding diaryl/α,β-unsaturated/α-hetero) is 1. The van der Waals surface area contributed by atoms with Crippen molar-refractivity contribution in [1.82, 2.24) is 9.97 Å². The number of alkyl halides is 3. The lowest BCUT2D eigenvalue weighted by molar-refractivity contribution is -0.137. The number of fused-ring (bicyclic) bond motifs is 1. The van der Waals surface area contributed by atoms with Crippen LogP contribution in [-0.4, -0.2) is 15.8 Å². The number of ketones is 1. The van der Waals surface area contributed by atoms with Gasteiger partial charge in [-0.25, -0.2) is 9.37 Å². The Hall–Kier alpha value is -3.68. The van der Waals surface area contributed by atoms with Gasteiger partial charge in [-0.15, -0.1) is 0 Å². The van der Waals surface area contributed by atoms with E-state index in [0.29, 0.717) is 16.6 Å². The third-order valence-electron chi connectivity index (χ3n) is 6.26. The van der Waals surface area contributed by atoms with E-state index in [0.717, 1.165) is 43.4 Å². The van der Waals surface area contributed by atoms with Gasteiger partial charge in [-0.2, -0.15) is 13.2 Å². The van der Waals surface area contributed by atoms with Crippen LogP contribution in [0.1, 0.15) is 41.6 Å². The maximum absolute atomic E-state index is 14.8. The minimum atomic E-state index is -4.46. The van der Waals surface area contributed by atoms with Crippen LogP contribution in [0.4, 0.5) is 29.2 Å². The molecule has 0 unspecified atom stereocenters. The van der Waals surface area contributed by atoms with E-state index in [1.54, 1.807) is 18.2 Å². The van der Waals surface area contributed by atoms with Crippen molar-refractivity contribution in [1.29, 1.82) is 0 Å². The predicted molar refractivity (Wildman–Crippen MR) is 123 cm³/mol. The van der Waals surface area contributed by atoms with Crippen LogP contribution in [0.3, 0.4) is 0 Å². The number of benzene rings is 3. The fourth-order valence-electron chi connectivity index (χ4n) is 4.42. The van der Waals surface area contributed by atoms with Crippen LogP contribution < -0.4 is 5.32 Å². The molecular weight excluding hydrogens is 446 g/mol. The number of carbonyl (C=O) groups excluding carboxylic acids is 1. The highest BCUT2D eigenvalue weighted by molar-refractivity contribution is 5.98. The van der Waals surface area contributed by atoms with Gasteiger partial charge in [0.15, 0.2) is 5.78 Å². The highest BCUT2D eigenvalue weighted by Gasteiger charge is 2.30. The number of hydrogen-bond donors (Lipinski definition) is 2. The number of H-pyrrole nitrogens is 1. The summed E-state index contributed by atoms with van der Waals surface area (Å²) in [6.07, 6.45) is -0.395. The van der Waals surface area contributed by atoms with E-state index in [2.05, 4.69) is 15.3 Å². The van der Waals surface area contributed by atoms with Crippen molar-refractivity contribution in [2.24, 2.45) is 5.92 Å². The Kier molecular flexibility index (Phi) is 5.59. The Labute approximate surface area is 193 Å². The van der Waals surface area contributed by atoms with Crippen molar-refractivity contribution in [2.45, 2.75) is 31.9 Å². The molecule has 4 nitrogen and oxygen atoms in total. The van der Waals surface area contributed by atoms with E-state index < -0.39 is 17.6 Å². The number of hydrogen-bond acceptors (Lipinski definition) is 3. The molecule has 3 aromatic carbocycles. The summed E-state index contributed by atoms with van der Waals surface area (Å²) >= 11 is 0. The smallest absolute Gasteiger partial charge is 0.324 e. The first-order valence-electron chi connectivity index (χ1n) is 11.1. The van der Waals surface area contributed by atoms with Crippen molar-refractivity contribution in [3.63, 3.8) is 0 Å². The van der Waals surface area contributed by atoms with E-state index in [4.69, 9.17) is 0 Å². The van der Waals surface area contributed by atoms with Gasteiger partial charge in [0.05, 0.1) is 22.3 Å². The van der Waals surface area contributed by atoms with E-state index in [1.165, 1.54) is 18.2 Å². The molecule has 0 spiro atoms. The molecule has 0 aliphatic heterocycles. The average molecular weight is 467 g/mol. The molecule has 0 bridgehead atoms. The summed E-state index contributed by atoms with van der Waals surface area (Å²) in [5.74, 6) is -0.134. The number of anilines is 2. The maximum Gasteiger partial charge on any atom is 0.416 e. The molecule has 34 heavy (non-hydrogen) atoms. The van der Waals surface area contributed by atoms with Gasteiger partial charge in [-0.05, 0) is 54.3 Å². The number of aromatic amines is 1. The quantitative estimate of drug-likeness (QED) is 0.236. The van der Waals surface area contributed by atoms with Crippen molar-refractivity contribution < 1.29 is 22.4 Å². The zero-order valence-corrected chi connectivity index (χ0v) is 18.0. The second-order valence-corrected chi connectivity index (χ2v) is 8.56. The molecular formula is C26H21F4N3O. The Morgan fingerprint density at radius 2 is 1.65 bits per heavy atom. The third kappa shape index (κ3) is 4.40. The molecule has 1 aromatic heterocycles. The largest absolute Gasteiger partial charge is 0.416 e. The Balaban J connectivity index is 1.33. The van der Waals surface area contributed by atoms with Crippen LogP contribution in [0.5, 0.6) is 0 Å². The van der Waals surface area contributed by atoms with E-state index in [-0.39, 0.29) is 28.9 Å². The number of imidazole rings is 1. The van der Waals surface area contributed by atoms with Crippen LogP contribution in [0, 0.1) is 11.7 Å². The van der Waals surface area contributed by atoms with Gasteiger partial charge in [0.2, 0.25) is 5.95 Å². The van der Waals surface area contributed by atoms with Crippen LogP contribution >= 0.6 is 0 Å². The van der Waals surface area contributed by atoms with Gasteiger partial charge in [0, 0.05) is 11.5 Å². The number of nitrogens with zero attached hydrogens (tertiary/aromatic N) is 1. The molecule has 1 aliphatic rings. The second-order valence-electron chi connectivity index (χ2n) is 8.56. The molecule has 0 amide bonds.